The van der Waals surface area contributed by atoms with Crippen molar-refractivity contribution in [2.45, 2.75) is 26.4 Å². The molecule has 1 aromatic heterocycles. The van der Waals surface area contributed by atoms with E-state index in [2.05, 4.69) is 20.5 Å². The van der Waals surface area contributed by atoms with Crippen molar-refractivity contribution in [2.24, 2.45) is 5.92 Å². The van der Waals surface area contributed by atoms with Crippen LogP contribution in [-0.4, -0.2) is 54.0 Å². The van der Waals surface area contributed by atoms with Crippen LogP contribution in [0.15, 0.2) is 48.8 Å². The smallest absolute Gasteiger partial charge is 0.318 e. The van der Waals surface area contributed by atoms with E-state index in [0.29, 0.717) is 24.7 Å². The Morgan fingerprint density at radius 2 is 1.67 bits per heavy atom. The molecule has 1 aromatic carbocycles. The van der Waals surface area contributed by atoms with Gasteiger partial charge in [0.25, 0.3) is 0 Å². The average Bonchev–Trinajstić information content (AvgIpc) is 2.77. The lowest BCUT2D eigenvalue weighted by Crippen LogP contribution is -2.57. The van der Waals surface area contributed by atoms with E-state index < -0.39 is 6.04 Å². The van der Waals surface area contributed by atoms with Crippen LogP contribution < -0.4 is 15.5 Å². The van der Waals surface area contributed by atoms with E-state index in [-0.39, 0.29) is 17.9 Å². The number of amides is 3. The zero-order valence-electron chi connectivity index (χ0n) is 17.3. The van der Waals surface area contributed by atoms with Crippen molar-refractivity contribution < 1.29 is 9.59 Å². The standard InChI is InChI=1S/C22H28ClN5O2/c1-16(2)20(21(29)25-15-17-7-9-24-10-8-17)26-22(30)28-13-11-27(12-14-28)19-5-3-18(23)4-6-19/h3-10,16,20H,11-15H2,1-2H3,(H,25,29)(H,26,30). The lowest BCUT2D eigenvalue weighted by Gasteiger charge is -2.37. The van der Waals surface area contributed by atoms with Gasteiger partial charge in [0.2, 0.25) is 5.91 Å². The minimum atomic E-state index is -0.589. The third-order valence-corrected chi connectivity index (χ3v) is 5.45. The van der Waals surface area contributed by atoms with Gasteiger partial charge in [-0.05, 0) is 47.9 Å². The first kappa shape index (κ1) is 21.9. The summed E-state index contributed by atoms with van der Waals surface area (Å²) in [6.07, 6.45) is 3.37. The maximum absolute atomic E-state index is 12.8. The van der Waals surface area contributed by atoms with Gasteiger partial charge < -0.3 is 20.4 Å². The molecule has 1 saturated heterocycles. The first-order valence-corrected chi connectivity index (χ1v) is 10.5. The summed E-state index contributed by atoms with van der Waals surface area (Å²) in [5.74, 6) is -0.211. The number of hydrogen-bond donors (Lipinski definition) is 2. The Kier molecular flexibility index (Phi) is 7.52. The van der Waals surface area contributed by atoms with E-state index in [1.807, 2.05) is 50.2 Å². The molecule has 2 N–H and O–H groups in total. The zero-order valence-corrected chi connectivity index (χ0v) is 18.1. The quantitative estimate of drug-likeness (QED) is 0.740. The molecule has 1 fully saturated rings. The first-order valence-electron chi connectivity index (χ1n) is 10.2. The topological polar surface area (TPSA) is 77.6 Å². The maximum atomic E-state index is 12.8. The molecule has 1 aliphatic rings. The number of benzene rings is 1. The highest BCUT2D eigenvalue weighted by molar-refractivity contribution is 6.30. The predicted molar refractivity (Wildman–Crippen MR) is 118 cm³/mol. The lowest BCUT2D eigenvalue weighted by atomic mass is 10.0. The highest BCUT2D eigenvalue weighted by atomic mass is 35.5. The molecule has 3 rings (SSSR count). The molecule has 0 saturated carbocycles. The highest BCUT2D eigenvalue weighted by Crippen LogP contribution is 2.19. The number of halogens is 1. The lowest BCUT2D eigenvalue weighted by molar-refractivity contribution is -0.124. The van der Waals surface area contributed by atoms with Crippen molar-refractivity contribution in [3.05, 3.63) is 59.4 Å². The summed E-state index contributed by atoms with van der Waals surface area (Å²) in [5, 5.41) is 6.52. The van der Waals surface area contributed by atoms with Crippen molar-refractivity contribution in [3.8, 4) is 0 Å². The van der Waals surface area contributed by atoms with Crippen LogP contribution >= 0.6 is 11.6 Å². The van der Waals surface area contributed by atoms with E-state index in [1.54, 1.807) is 17.3 Å². The Morgan fingerprint density at radius 3 is 2.27 bits per heavy atom. The van der Waals surface area contributed by atoms with Gasteiger partial charge in [-0.2, -0.15) is 0 Å². The molecule has 0 radical (unpaired) electrons. The number of hydrogen-bond acceptors (Lipinski definition) is 4. The Morgan fingerprint density at radius 1 is 1.03 bits per heavy atom. The van der Waals surface area contributed by atoms with Crippen molar-refractivity contribution in [3.63, 3.8) is 0 Å². The molecule has 1 aliphatic heterocycles. The molecule has 30 heavy (non-hydrogen) atoms. The second kappa shape index (κ2) is 10.3. The van der Waals surface area contributed by atoms with E-state index in [0.717, 1.165) is 24.3 Å². The Labute approximate surface area is 182 Å². The molecule has 2 aromatic rings. The number of anilines is 1. The summed E-state index contributed by atoms with van der Waals surface area (Å²) in [5.41, 5.74) is 2.06. The van der Waals surface area contributed by atoms with Crippen LogP contribution in [0.4, 0.5) is 10.5 Å². The summed E-state index contributed by atoms with van der Waals surface area (Å²) >= 11 is 5.96. The summed E-state index contributed by atoms with van der Waals surface area (Å²) in [6.45, 7) is 6.91. The average molecular weight is 430 g/mol. The Hall–Kier alpha value is -2.80. The van der Waals surface area contributed by atoms with Crippen molar-refractivity contribution in [2.75, 3.05) is 31.1 Å². The number of carbonyl (C=O) groups excluding carboxylic acids is 2. The van der Waals surface area contributed by atoms with E-state index >= 15 is 0 Å². The fourth-order valence-electron chi connectivity index (χ4n) is 3.38. The number of aromatic nitrogens is 1. The summed E-state index contributed by atoms with van der Waals surface area (Å²) in [4.78, 5) is 33.4. The predicted octanol–water partition coefficient (Wildman–Crippen LogP) is 2.91. The third-order valence-electron chi connectivity index (χ3n) is 5.20. The molecule has 0 spiro atoms. The highest BCUT2D eigenvalue weighted by Gasteiger charge is 2.28. The number of pyridine rings is 1. The number of urea groups is 1. The van der Waals surface area contributed by atoms with Gasteiger partial charge >= 0.3 is 6.03 Å². The molecular weight excluding hydrogens is 402 g/mol. The first-order chi connectivity index (χ1) is 14.4. The van der Waals surface area contributed by atoms with Crippen molar-refractivity contribution in [1.29, 1.82) is 0 Å². The minimum Gasteiger partial charge on any atom is -0.368 e. The van der Waals surface area contributed by atoms with Gasteiger partial charge in [-0.25, -0.2) is 4.79 Å². The number of carbonyl (C=O) groups is 2. The van der Waals surface area contributed by atoms with E-state index in [4.69, 9.17) is 11.6 Å². The second-order valence-electron chi connectivity index (χ2n) is 7.69. The fourth-order valence-corrected chi connectivity index (χ4v) is 3.50. The third kappa shape index (κ3) is 5.86. The van der Waals surface area contributed by atoms with Gasteiger partial charge in [0.1, 0.15) is 6.04 Å². The van der Waals surface area contributed by atoms with Gasteiger partial charge in [-0.3, -0.25) is 9.78 Å². The molecule has 0 aliphatic carbocycles. The minimum absolute atomic E-state index is 0.0262. The van der Waals surface area contributed by atoms with Crippen LogP contribution in [0, 0.1) is 5.92 Å². The molecule has 1 unspecified atom stereocenters. The van der Waals surface area contributed by atoms with Crippen LogP contribution in [-0.2, 0) is 11.3 Å². The number of nitrogens with zero attached hydrogens (tertiary/aromatic N) is 3. The van der Waals surface area contributed by atoms with Crippen LogP contribution in [0.5, 0.6) is 0 Å². The molecule has 2 heterocycles. The maximum Gasteiger partial charge on any atom is 0.318 e. The molecule has 0 bridgehead atoms. The largest absolute Gasteiger partial charge is 0.368 e. The molecular formula is C22H28ClN5O2. The normalized spacial score (nSPS) is 15.1. The number of nitrogens with one attached hydrogen (secondary N) is 2. The monoisotopic (exact) mass is 429 g/mol. The van der Waals surface area contributed by atoms with Gasteiger partial charge in [-0.15, -0.1) is 0 Å². The van der Waals surface area contributed by atoms with Crippen molar-refractivity contribution in [1.82, 2.24) is 20.5 Å². The van der Waals surface area contributed by atoms with Gasteiger partial charge in [0.15, 0.2) is 0 Å². The van der Waals surface area contributed by atoms with Crippen LogP contribution in [0.2, 0.25) is 5.02 Å². The number of piperazine rings is 1. The number of rotatable bonds is 6. The summed E-state index contributed by atoms with van der Waals surface area (Å²) in [6, 6.07) is 10.6. The van der Waals surface area contributed by atoms with Crippen molar-refractivity contribution >= 4 is 29.2 Å². The molecule has 3 amide bonds. The zero-order chi connectivity index (χ0) is 21.5. The van der Waals surface area contributed by atoms with Crippen LogP contribution in [0.3, 0.4) is 0 Å². The summed E-state index contributed by atoms with van der Waals surface area (Å²) < 4.78 is 0. The van der Waals surface area contributed by atoms with Gasteiger partial charge in [0, 0.05) is 55.8 Å². The Bertz CT molecular complexity index is 836. The van der Waals surface area contributed by atoms with Crippen LogP contribution in [0.25, 0.3) is 0 Å². The van der Waals surface area contributed by atoms with E-state index in [9.17, 15) is 9.59 Å². The second-order valence-corrected chi connectivity index (χ2v) is 8.13. The van der Waals surface area contributed by atoms with Gasteiger partial charge in [-0.1, -0.05) is 25.4 Å². The summed E-state index contributed by atoms with van der Waals surface area (Å²) in [7, 11) is 0. The SMILES string of the molecule is CC(C)C(NC(=O)N1CCN(c2ccc(Cl)cc2)CC1)C(=O)NCc1ccncc1. The molecule has 160 valence electrons. The molecule has 8 heteroatoms. The molecule has 1 atom stereocenters. The molecule has 7 nitrogen and oxygen atoms in total. The Balaban J connectivity index is 1.51. The van der Waals surface area contributed by atoms with Gasteiger partial charge in [0.05, 0.1) is 0 Å². The fraction of sp³-hybridized carbons (Fsp3) is 0.409. The van der Waals surface area contributed by atoms with E-state index in [1.165, 1.54) is 0 Å². The van der Waals surface area contributed by atoms with Crippen LogP contribution in [0.1, 0.15) is 19.4 Å².